The zero-order chi connectivity index (χ0) is 11.0. The highest BCUT2D eigenvalue weighted by molar-refractivity contribution is 5.87. The summed E-state index contributed by atoms with van der Waals surface area (Å²) < 4.78 is 1.01. The Bertz CT molecular complexity index is 572. The van der Waals surface area contributed by atoms with Crippen molar-refractivity contribution in [2.75, 3.05) is 7.11 Å². The molecule has 78 valence electrons. The van der Waals surface area contributed by atoms with Crippen molar-refractivity contribution in [3.8, 4) is 5.75 Å². The van der Waals surface area contributed by atoms with Gasteiger partial charge in [-0.2, -0.15) is 0 Å². The number of pyridine rings is 1. The first-order chi connectivity index (χ1) is 7.13. The first-order valence-electron chi connectivity index (χ1n) is 4.53. The third-order valence-corrected chi connectivity index (χ3v) is 2.32. The molecule has 0 radical (unpaired) electrons. The molecule has 0 atom stereocenters. The minimum absolute atomic E-state index is 0.0372. The number of rotatable bonds is 1. The highest BCUT2D eigenvalue weighted by atomic mass is 16.6. The third-order valence-electron chi connectivity index (χ3n) is 2.32. The van der Waals surface area contributed by atoms with Gasteiger partial charge in [0.25, 0.3) is 5.56 Å². The van der Waals surface area contributed by atoms with Crippen molar-refractivity contribution in [1.82, 2.24) is 4.73 Å². The van der Waals surface area contributed by atoms with Crippen molar-refractivity contribution in [3.63, 3.8) is 0 Å². The van der Waals surface area contributed by atoms with E-state index in [9.17, 15) is 9.90 Å². The molecule has 15 heavy (non-hydrogen) atoms. The molecule has 2 aromatic rings. The number of hydrogen-bond acceptors (Lipinski definition) is 3. The molecule has 4 heteroatoms. The van der Waals surface area contributed by atoms with Crippen LogP contribution in [0, 0.1) is 6.92 Å². The number of aromatic hydroxyl groups is 1. The summed E-state index contributed by atoms with van der Waals surface area (Å²) in [5, 5.41) is 10.7. The Hall–Kier alpha value is -1.97. The Morgan fingerprint density at radius 1 is 1.33 bits per heavy atom. The van der Waals surface area contributed by atoms with E-state index in [1.54, 1.807) is 12.1 Å². The van der Waals surface area contributed by atoms with Crippen molar-refractivity contribution >= 4 is 10.8 Å². The summed E-state index contributed by atoms with van der Waals surface area (Å²) in [7, 11) is 1.38. The lowest BCUT2D eigenvalue weighted by atomic mass is 10.1. The van der Waals surface area contributed by atoms with Crippen LogP contribution in [0.15, 0.2) is 29.2 Å². The second-order valence-electron chi connectivity index (χ2n) is 3.38. The molecular formula is C11H11NO3. The van der Waals surface area contributed by atoms with E-state index >= 15 is 0 Å². The highest BCUT2D eigenvalue weighted by Gasteiger charge is 2.07. The van der Waals surface area contributed by atoms with Crippen LogP contribution in [0.2, 0.25) is 0 Å². The number of benzene rings is 1. The molecule has 2 rings (SSSR count). The SMILES string of the molecule is COn1cc(O)c2cc(C)ccc2c1=O. The molecule has 0 spiro atoms. The van der Waals surface area contributed by atoms with Gasteiger partial charge in [0.2, 0.25) is 0 Å². The molecule has 1 aromatic carbocycles. The van der Waals surface area contributed by atoms with Gasteiger partial charge in [-0.05, 0) is 19.1 Å². The zero-order valence-electron chi connectivity index (χ0n) is 8.52. The fraction of sp³-hybridized carbons (Fsp3) is 0.182. The first-order valence-corrected chi connectivity index (χ1v) is 4.53. The monoisotopic (exact) mass is 205 g/mol. The number of nitrogens with zero attached hydrogens (tertiary/aromatic N) is 1. The van der Waals surface area contributed by atoms with Crippen LogP contribution in [-0.2, 0) is 0 Å². The van der Waals surface area contributed by atoms with Crippen LogP contribution in [-0.4, -0.2) is 16.9 Å². The summed E-state index contributed by atoms with van der Waals surface area (Å²) in [6, 6.07) is 5.28. The van der Waals surface area contributed by atoms with Crippen LogP contribution in [0.3, 0.4) is 0 Å². The van der Waals surface area contributed by atoms with Crippen molar-refractivity contribution in [2.45, 2.75) is 6.92 Å². The molecule has 1 aromatic heterocycles. The van der Waals surface area contributed by atoms with Crippen molar-refractivity contribution in [3.05, 3.63) is 40.3 Å². The summed E-state index contributed by atoms with van der Waals surface area (Å²) in [4.78, 5) is 16.6. The number of hydrogen-bond donors (Lipinski definition) is 1. The lowest BCUT2D eigenvalue weighted by molar-refractivity contribution is 0.156. The fourth-order valence-corrected chi connectivity index (χ4v) is 1.55. The first kappa shape index (κ1) is 9.58. The molecule has 0 amide bonds. The van der Waals surface area contributed by atoms with E-state index in [0.717, 1.165) is 10.3 Å². The van der Waals surface area contributed by atoms with Gasteiger partial charge in [-0.3, -0.25) is 4.79 Å². The molecular weight excluding hydrogens is 194 g/mol. The predicted octanol–water partition coefficient (Wildman–Crippen LogP) is 1.07. The molecule has 1 heterocycles. The van der Waals surface area contributed by atoms with E-state index in [2.05, 4.69) is 0 Å². The van der Waals surface area contributed by atoms with Gasteiger partial charge < -0.3 is 9.94 Å². The lowest BCUT2D eigenvalue weighted by Gasteiger charge is -2.07. The van der Waals surface area contributed by atoms with Crippen LogP contribution in [0.5, 0.6) is 5.75 Å². The van der Waals surface area contributed by atoms with E-state index in [4.69, 9.17) is 4.84 Å². The Morgan fingerprint density at radius 3 is 2.73 bits per heavy atom. The molecule has 0 aliphatic carbocycles. The minimum Gasteiger partial charge on any atom is -0.506 e. The Kier molecular flexibility index (Phi) is 2.11. The summed E-state index contributed by atoms with van der Waals surface area (Å²) in [5.41, 5.74) is 0.720. The van der Waals surface area contributed by atoms with Crippen LogP contribution < -0.4 is 10.4 Å². The molecule has 0 aliphatic heterocycles. The quantitative estimate of drug-likeness (QED) is 0.757. The second kappa shape index (κ2) is 3.31. The van der Waals surface area contributed by atoms with Crippen LogP contribution >= 0.6 is 0 Å². The van der Waals surface area contributed by atoms with E-state index in [1.165, 1.54) is 13.3 Å². The Balaban J connectivity index is 2.93. The minimum atomic E-state index is -0.273. The van der Waals surface area contributed by atoms with E-state index in [1.807, 2.05) is 13.0 Å². The van der Waals surface area contributed by atoms with Gasteiger partial charge in [-0.1, -0.05) is 11.6 Å². The van der Waals surface area contributed by atoms with E-state index in [0.29, 0.717) is 10.8 Å². The molecule has 0 fully saturated rings. The third kappa shape index (κ3) is 1.44. The molecule has 0 aliphatic rings. The zero-order valence-corrected chi connectivity index (χ0v) is 8.52. The highest BCUT2D eigenvalue weighted by Crippen LogP contribution is 2.21. The normalized spacial score (nSPS) is 10.5. The Labute approximate surface area is 86.3 Å². The van der Waals surface area contributed by atoms with Gasteiger partial charge >= 0.3 is 0 Å². The molecule has 1 N–H and O–H groups in total. The standard InChI is InChI=1S/C11H11NO3/c1-7-3-4-8-9(5-7)10(13)6-12(15-2)11(8)14/h3-6,13H,1-2H3. The van der Waals surface area contributed by atoms with Gasteiger partial charge in [-0.15, -0.1) is 4.73 Å². The maximum Gasteiger partial charge on any atom is 0.291 e. The molecule has 0 unspecified atom stereocenters. The Morgan fingerprint density at radius 2 is 2.07 bits per heavy atom. The van der Waals surface area contributed by atoms with Crippen molar-refractivity contribution in [2.24, 2.45) is 0 Å². The summed E-state index contributed by atoms with van der Waals surface area (Å²) >= 11 is 0. The number of aryl methyl sites for hydroxylation is 1. The molecule has 0 bridgehead atoms. The average molecular weight is 205 g/mol. The average Bonchev–Trinajstić information content (AvgIpc) is 2.23. The van der Waals surface area contributed by atoms with E-state index in [-0.39, 0.29) is 11.3 Å². The number of aromatic nitrogens is 1. The molecule has 0 saturated heterocycles. The van der Waals surface area contributed by atoms with Gasteiger partial charge in [0.15, 0.2) is 0 Å². The second-order valence-corrected chi connectivity index (χ2v) is 3.38. The molecule has 4 nitrogen and oxygen atoms in total. The fourth-order valence-electron chi connectivity index (χ4n) is 1.55. The van der Waals surface area contributed by atoms with Crippen molar-refractivity contribution in [1.29, 1.82) is 0 Å². The van der Waals surface area contributed by atoms with Gasteiger partial charge in [-0.25, -0.2) is 0 Å². The van der Waals surface area contributed by atoms with Crippen molar-refractivity contribution < 1.29 is 9.94 Å². The largest absolute Gasteiger partial charge is 0.506 e. The smallest absolute Gasteiger partial charge is 0.291 e. The maximum atomic E-state index is 11.7. The molecule has 0 saturated carbocycles. The van der Waals surface area contributed by atoms with Crippen LogP contribution in [0.4, 0.5) is 0 Å². The predicted molar refractivity (Wildman–Crippen MR) is 57.1 cm³/mol. The topological polar surface area (TPSA) is 51.5 Å². The lowest BCUT2D eigenvalue weighted by Crippen LogP contribution is -2.24. The maximum absolute atomic E-state index is 11.7. The summed E-state index contributed by atoms with van der Waals surface area (Å²) in [6.45, 7) is 1.90. The van der Waals surface area contributed by atoms with Gasteiger partial charge in [0.1, 0.15) is 12.9 Å². The van der Waals surface area contributed by atoms with Gasteiger partial charge in [0.05, 0.1) is 11.6 Å². The number of fused-ring (bicyclic) bond motifs is 1. The van der Waals surface area contributed by atoms with E-state index < -0.39 is 0 Å². The van der Waals surface area contributed by atoms with Crippen LogP contribution in [0.1, 0.15) is 5.56 Å². The van der Waals surface area contributed by atoms with Crippen LogP contribution in [0.25, 0.3) is 10.8 Å². The van der Waals surface area contributed by atoms with Gasteiger partial charge in [0, 0.05) is 5.39 Å². The summed E-state index contributed by atoms with van der Waals surface area (Å²) in [6.07, 6.45) is 1.27. The summed E-state index contributed by atoms with van der Waals surface area (Å²) in [5.74, 6) is 0.0372.